The van der Waals surface area contributed by atoms with E-state index in [1.807, 2.05) is 25.1 Å². The standard InChI is InChI=1S/C27H19BrFN5O2/c1-15(17-7-9-22(29)21(28)13-17)32-26(35)19-12-18-8-10-23(33-25(18)31-14-19)34-27(36)20-6-2-4-16-5-3-11-30-24(16)20/h2-15H,1H3,(H,32,35)(H,31,33,34,36)/t15-/m0/s1. The Morgan fingerprint density at radius 3 is 2.61 bits per heavy atom. The molecule has 0 aliphatic heterocycles. The number of nitrogens with one attached hydrogen (secondary N) is 2. The molecule has 0 saturated carbocycles. The zero-order valence-electron chi connectivity index (χ0n) is 19.0. The maximum absolute atomic E-state index is 13.5. The summed E-state index contributed by atoms with van der Waals surface area (Å²) in [5.74, 6) is -0.685. The molecule has 2 amide bonds. The number of rotatable bonds is 5. The van der Waals surface area contributed by atoms with Crippen LogP contribution in [-0.4, -0.2) is 26.8 Å². The van der Waals surface area contributed by atoms with E-state index in [1.165, 1.54) is 12.3 Å². The summed E-state index contributed by atoms with van der Waals surface area (Å²) in [7, 11) is 0. The zero-order chi connectivity index (χ0) is 25.2. The quantitative estimate of drug-likeness (QED) is 0.291. The van der Waals surface area contributed by atoms with Crippen molar-refractivity contribution in [3.8, 4) is 0 Å². The molecule has 3 heterocycles. The van der Waals surface area contributed by atoms with Crippen molar-refractivity contribution in [2.75, 3.05) is 5.32 Å². The van der Waals surface area contributed by atoms with Gasteiger partial charge in [-0.25, -0.2) is 14.4 Å². The van der Waals surface area contributed by atoms with Gasteiger partial charge in [0.1, 0.15) is 11.6 Å². The van der Waals surface area contributed by atoms with Crippen molar-refractivity contribution in [3.63, 3.8) is 0 Å². The van der Waals surface area contributed by atoms with Gasteiger partial charge in [0, 0.05) is 23.2 Å². The molecule has 5 aromatic rings. The van der Waals surface area contributed by atoms with E-state index in [9.17, 15) is 14.0 Å². The minimum Gasteiger partial charge on any atom is -0.345 e. The summed E-state index contributed by atoms with van der Waals surface area (Å²) >= 11 is 3.16. The molecular weight excluding hydrogens is 525 g/mol. The number of anilines is 1. The molecule has 2 N–H and O–H groups in total. The minimum atomic E-state index is -0.368. The molecule has 0 unspecified atom stereocenters. The van der Waals surface area contributed by atoms with Gasteiger partial charge in [-0.15, -0.1) is 0 Å². The number of hydrogen-bond acceptors (Lipinski definition) is 5. The Morgan fingerprint density at radius 1 is 0.944 bits per heavy atom. The van der Waals surface area contributed by atoms with Crippen molar-refractivity contribution in [2.45, 2.75) is 13.0 Å². The van der Waals surface area contributed by atoms with Gasteiger partial charge in [-0.3, -0.25) is 14.6 Å². The minimum absolute atomic E-state index is 0.321. The number of amides is 2. The van der Waals surface area contributed by atoms with Crippen molar-refractivity contribution in [1.82, 2.24) is 20.3 Å². The maximum atomic E-state index is 13.5. The van der Waals surface area contributed by atoms with Crippen LogP contribution in [0.1, 0.15) is 39.2 Å². The van der Waals surface area contributed by atoms with Crippen molar-refractivity contribution >= 4 is 55.5 Å². The van der Waals surface area contributed by atoms with Gasteiger partial charge in [0.15, 0.2) is 5.65 Å². The lowest BCUT2D eigenvalue weighted by molar-refractivity contribution is 0.0939. The van der Waals surface area contributed by atoms with Gasteiger partial charge < -0.3 is 10.6 Å². The summed E-state index contributed by atoms with van der Waals surface area (Å²) in [5.41, 5.74) is 2.55. The van der Waals surface area contributed by atoms with E-state index in [0.29, 0.717) is 38.0 Å². The van der Waals surface area contributed by atoms with Crippen molar-refractivity contribution in [3.05, 3.63) is 106 Å². The number of pyridine rings is 3. The molecule has 0 spiro atoms. The highest BCUT2D eigenvalue weighted by Crippen LogP contribution is 2.22. The zero-order valence-corrected chi connectivity index (χ0v) is 20.6. The third-order valence-electron chi connectivity index (χ3n) is 5.71. The third-order valence-corrected chi connectivity index (χ3v) is 6.32. The van der Waals surface area contributed by atoms with Crippen LogP contribution in [0.2, 0.25) is 0 Å². The maximum Gasteiger partial charge on any atom is 0.259 e. The first-order chi connectivity index (χ1) is 17.4. The summed E-state index contributed by atoms with van der Waals surface area (Å²) < 4.78 is 13.8. The first-order valence-electron chi connectivity index (χ1n) is 11.1. The molecule has 0 aliphatic rings. The Morgan fingerprint density at radius 2 is 1.78 bits per heavy atom. The number of para-hydroxylation sites is 1. The van der Waals surface area contributed by atoms with Gasteiger partial charge in [-0.1, -0.05) is 24.3 Å². The first kappa shape index (κ1) is 23.5. The second kappa shape index (κ2) is 9.79. The first-order valence-corrected chi connectivity index (χ1v) is 11.9. The van der Waals surface area contributed by atoms with Gasteiger partial charge in [-0.05, 0) is 70.9 Å². The molecule has 5 rings (SSSR count). The van der Waals surface area contributed by atoms with E-state index in [4.69, 9.17) is 0 Å². The number of fused-ring (bicyclic) bond motifs is 2. The van der Waals surface area contributed by atoms with E-state index < -0.39 is 0 Å². The summed E-state index contributed by atoms with van der Waals surface area (Å²) in [4.78, 5) is 38.7. The number of aromatic nitrogens is 3. The van der Waals surface area contributed by atoms with Crippen molar-refractivity contribution in [2.24, 2.45) is 0 Å². The summed E-state index contributed by atoms with van der Waals surface area (Å²) in [5, 5.41) is 7.19. The molecule has 3 aromatic heterocycles. The predicted octanol–water partition coefficient (Wildman–Crippen LogP) is 5.82. The van der Waals surface area contributed by atoms with Gasteiger partial charge in [-0.2, -0.15) is 0 Å². The number of halogens is 2. The Labute approximate surface area is 213 Å². The normalized spacial score (nSPS) is 11.9. The lowest BCUT2D eigenvalue weighted by Gasteiger charge is -2.15. The van der Waals surface area contributed by atoms with Crippen LogP contribution in [0.25, 0.3) is 21.9 Å². The molecule has 0 saturated heterocycles. The monoisotopic (exact) mass is 543 g/mol. The molecule has 0 radical (unpaired) electrons. The summed E-state index contributed by atoms with van der Waals surface area (Å²) in [6.07, 6.45) is 3.07. The average molecular weight is 544 g/mol. The van der Waals surface area contributed by atoms with Crippen LogP contribution < -0.4 is 10.6 Å². The molecule has 0 bridgehead atoms. The second-order valence-corrected chi connectivity index (χ2v) is 9.03. The van der Waals surface area contributed by atoms with E-state index >= 15 is 0 Å². The van der Waals surface area contributed by atoms with Crippen LogP contribution in [0.5, 0.6) is 0 Å². The number of carbonyl (C=O) groups is 2. The fraction of sp³-hybridized carbons (Fsp3) is 0.0741. The molecule has 36 heavy (non-hydrogen) atoms. The number of carbonyl (C=O) groups excluding carboxylic acids is 2. The highest BCUT2D eigenvalue weighted by molar-refractivity contribution is 9.10. The van der Waals surface area contributed by atoms with Crippen molar-refractivity contribution < 1.29 is 14.0 Å². The Bertz CT molecular complexity index is 1640. The average Bonchev–Trinajstić information content (AvgIpc) is 2.89. The molecule has 0 aliphatic carbocycles. The predicted molar refractivity (Wildman–Crippen MR) is 139 cm³/mol. The largest absolute Gasteiger partial charge is 0.345 e. The molecule has 178 valence electrons. The van der Waals surface area contributed by atoms with Crippen LogP contribution in [0.3, 0.4) is 0 Å². The smallest absolute Gasteiger partial charge is 0.259 e. The van der Waals surface area contributed by atoms with E-state index in [0.717, 1.165) is 10.9 Å². The fourth-order valence-corrected chi connectivity index (χ4v) is 4.22. The fourth-order valence-electron chi connectivity index (χ4n) is 3.82. The van der Waals surface area contributed by atoms with Gasteiger partial charge in [0.25, 0.3) is 11.8 Å². The Balaban J connectivity index is 1.32. The lowest BCUT2D eigenvalue weighted by atomic mass is 10.1. The van der Waals surface area contributed by atoms with Gasteiger partial charge >= 0.3 is 0 Å². The molecule has 2 aromatic carbocycles. The van der Waals surface area contributed by atoms with Gasteiger partial charge in [0.2, 0.25) is 0 Å². The van der Waals surface area contributed by atoms with E-state index in [1.54, 1.807) is 48.7 Å². The topological polar surface area (TPSA) is 96.9 Å². The molecule has 1 atom stereocenters. The van der Waals surface area contributed by atoms with Gasteiger partial charge in [0.05, 0.1) is 27.2 Å². The van der Waals surface area contributed by atoms with E-state index in [-0.39, 0.29) is 23.7 Å². The highest BCUT2D eigenvalue weighted by Gasteiger charge is 2.15. The van der Waals surface area contributed by atoms with Crippen LogP contribution in [0.15, 0.2) is 83.6 Å². The number of nitrogens with zero attached hydrogens (tertiary/aromatic N) is 3. The molecule has 7 nitrogen and oxygen atoms in total. The Hall–Kier alpha value is -4.24. The lowest BCUT2D eigenvalue weighted by Crippen LogP contribution is -2.26. The van der Waals surface area contributed by atoms with Crippen molar-refractivity contribution in [1.29, 1.82) is 0 Å². The van der Waals surface area contributed by atoms with Crippen LogP contribution in [-0.2, 0) is 0 Å². The molecular formula is C27H19BrFN5O2. The third kappa shape index (κ3) is 4.78. The summed E-state index contributed by atoms with van der Waals surface area (Å²) in [6.45, 7) is 1.81. The SMILES string of the molecule is C[C@H](NC(=O)c1cnc2nc(NC(=O)c3cccc4cccnc34)ccc2c1)c1ccc(F)c(Br)c1. The number of benzene rings is 2. The van der Waals surface area contributed by atoms with E-state index in [2.05, 4.69) is 41.5 Å². The Kier molecular flexibility index (Phi) is 6.39. The molecule has 0 fully saturated rings. The second-order valence-electron chi connectivity index (χ2n) is 8.17. The summed E-state index contributed by atoms with van der Waals surface area (Å²) in [6, 6.07) is 18.4. The highest BCUT2D eigenvalue weighted by atomic mass is 79.9. The molecule has 9 heteroatoms. The van der Waals surface area contributed by atoms with Crippen LogP contribution in [0, 0.1) is 5.82 Å². The van der Waals surface area contributed by atoms with Crippen LogP contribution in [0.4, 0.5) is 10.2 Å². The van der Waals surface area contributed by atoms with Crippen LogP contribution >= 0.6 is 15.9 Å². The number of hydrogen-bond donors (Lipinski definition) is 2.